The Hall–Kier alpha value is -1.86. The number of nitrogens with one attached hydrogen (secondary N) is 1. The van der Waals surface area contributed by atoms with E-state index in [-0.39, 0.29) is 17.5 Å². The number of hydrogen-bond donors (Lipinski definition) is 1. The van der Waals surface area contributed by atoms with Crippen molar-refractivity contribution in [3.05, 3.63) is 62.8 Å². The van der Waals surface area contributed by atoms with Crippen LogP contribution in [0.3, 0.4) is 0 Å². The lowest BCUT2D eigenvalue weighted by Crippen LogP contribution is -2.54. The predicted octanol–water partition coefficient (Wildman–Crippen LogP) is 4.57. The van der Waals surface area contributed by atoms with Crippen molar-refractivity contribution in [3.8, 4) is 0 Å². The van der Waals surface area contributed by atoms with Gasteiger partial charge in [-0.2, -0.15) is 0 Å². The molecule has 1 unspecified atom stereocenters. The lowest BCUT2D eigenvalue weighted by atomic mass is 10.1. The summed E-state index contributed by atoms with van der Waals surface area (Å²) in [6, 6.07) is 8.26. The summed E-state index contributed by atoms with van der Waals surface area (Å²) in [7, 11) is 0. The quantitative estimate of drug-likeness (QED) is 0.730. The molecular weight excluding hydrogens is 440 g/mol. The van der Waals surface area contributed by atoms with Crippen LogP contribution in [0.2, 0.25) is 15.1 Å². The van der Waals surface area contributed by atoms with E-state index in [1.807, 2.05) is 4.90 Å². The van der Waals surface area contributed by atoms with Crippen molar-refractivity contribution in [3.63, 3.8) is 0 Å². The molecule has 0 aliphatic carbocycles. The van der Waals surface area contributed by atoms with Gasteiger partial charge in [0.2, 0.25) is 5.91 Å². The maximum Gasteiger partial charge on any atom is 0.255 e. The lowest BCUT2D eigenvalue weighted by molar-refractivity contribution is -0.121. The highest BCUT2D eigenvalue weighted by atomic mass is 35.5. The number of benzene rings is 2. The maximum absolute atomic E-state index is 13.8. The Kier molecular flexibility index (Phi) is 7.01. The summed E-state index contributed by atoms with van der Waals surface area (Å²) in [4.78, 5) is 28.8. The van der Waals surface area contributed by atoms with E-state index in [9.17, 15) is 14.0 Å². The Morgan fingerprint density at radius 1 is 1.00 bits per heavy atom. The fourth-order valence-electron chi connectivity index (χ4n) is 3.14. The Labute approximate surface area is 183 Å². The van der Waals surface area contributed by atoms with Gasteiger partial charge in [0.25, 0.3) is 5.91 Å². The number of hydrogen-bond acceptors (Lipinski definition) is 3. The smallest absolute Gasteiger partial charge is 0.255 e. The molecule has 1 heterocycles. The standard InChI is InChI=1S/C20H19Cl3FN3O2/c1-12(19(28)25-18-11-14(22)3-5-17(18)24)26-6-8-27(9-7-26)20(29)15-4-2-13(21)10-16(15)23/h2-5,10-12H,6-9H2,1H3,(H,25,28). The molecule has 1 saturated heterocycles. The molecule has 5 nitrogen and oxygen atoms in total. The molecule has 2 aromatic carbocycles. The van der Waals surface area contributed by atoms with Crippen molar-refractivity contribution < 1.29 is 14.0 Å². The van der Waals surface area contributed by atoms with Gasteiger partial charge in [-0.3, -0.25) is 14.5 Å². The highest BCUT2D eigenvalue weighted by molar-refractivity contribution is 6.36. The van der Waals surface area contributed by atoms with Gasteiger partial charge in [0.15, 0.2) is 0 Å². The molecule has 3 rings (SSSR count). The van der Waals surface area contributed by atoms with Crippen molar-refractivity contribution in [1.29, 1.82) is 0 Å². The SMILES string of the molecule is CC(C(=O)Nc1cc(Cl)ccc1F)N1CCN(C(=O)c2ccc(Cl)cc2Cl)CC1. The monoisotopic (exact) mass is 457 g/mol. The van der Waals surface area contributed by atoms with Crippen molar-refractivity contribution in [1.82, 2.24) is 9.80 Å². The van der Waals surface area contributed by atoms with Crippen LogP contribution in [0.15, 0.2) is 36.4 Å². The van der Waals surface area contributed by atoms with Crippen molar-refractivity contribution in [2.45, 2.75) is 13.0 Å². The Morgan fingerprint density at radius 3 is 2.28 bits per heavy atom. The van der Waals surface area contributed by atoms with Gasteiger partial charge in [-0.25, -0.2) is 4.39 Å². The molecule has 0 saturated carbocycles. The van der Waals surface area contributed by atoms with E-state index in [1.54, 1.807) is 24.0 Å². The third kappa shape index (κ3) is 5.20. The molecule has 1 fully saturated rings. The fourth-order valence-corrected chi connectivity index (χ4v) is 3.80. The van der Waals surface area contributed by atoms with Gasteiger partial charge < -0.3 is 10.2 Å². The Bertz CT molecular complexity index is 933. The summed E-state index contributed by atoms with van der Waals surface area (Å²) in [5, 5.41) is 3.68. The summed E-state index contributed by atoms with van der Waals surface area (Å²) in [6.45, 7) is 3.64. The van der Waals surface area contributed by atoms with Gasteiger partial charge in [-0.15, -0.1) is 0 Å². The van der Waals surface area contributed by atoms with E-state index < -0.39 is 11.9 Å². The minimum atomic E-state index is -0.551. The van der Waals surface area contributed by atoms with Crippen LogP contribution >= 0.6 is 34.8 Å². The van der Waals surface area contributed by atoms with Crippen LogP contribution in [0.5, 0.6) is 0 Å². The Morgan fingerprint density at radius 2 is 1.62 bits per heavy atom. The van der Waals surface area contributed by atoms with Crippen molar-refractivity contribution in [2.75, 3.05) is 31.5 Å². The van der Waals surface area contributed by atoms with Crippen LogP contribution in [0.1, 0.15) is 17.3 Å². The summed E-state index contributed by atoms with van der Waals surface area (Å²) >= 11 is 17.9. The average molecular weight is 459 g/mol. The van der Waals surface area contributed by atoms with Crippen LogP contribution in [0, 0.1) is 5.82 Å². The zero-order valence-electron chi connectivity index (χ0n) is 15.6. The van der Waals surface area contributed by atoms with E-state index in [1.165, 1.54) is 24.3 Å². The molecule has 0 aromatic heterocycles. The number of nitrogens with zero attached hydrogens (tertiary/aromatic N) is 2. The van der Waals surface area contributed by atoms with E-state index in [4.69, 9.17) is 34.8 Å². The predicted molar refractivity (Wildman–Crippen MR) is 113 cm³/mol. The highest BCUT2D eigenvalue weighted by Crippen LogP contribution is 2.23. The second kappa shape index (κ2) is 9.30. The minimum Gasteiger partial charge on any atom is -0.336 e. The van der Waals surface area contributed by atoms with Crippen LogP contribution in [-0.2, 0) is 4.79 Å². The third-order valence-corrected chi connectivity index (χ3v) is 5.66. The van der Waals surface area contributed by atoms with Gasteiger partial charge >= 0.3 is 0 Å². The highest BCUT2D eigenvalue weighted by Gasteiger charge is 2.29. The van der Waals surface area contributed by atoms with E-state index >= 15 is 0 Å². The molecule has 154 valence electrons. The second-order valence-corrected chi connectivity index (χ2v) is 8.02. The van der Waals surface area contributed by atoms with Crippen LogP contribution in [0.4, 0.5) is 10.1 Å². The lowest BCUT2D eigenvalue weighted by Gasteiger charge is -2.37. The molecule has 0 radical (unpaired) electrons. The van der Waals surface area contributed by atoms with Gasteiger partial charge in [-0.05, 0) is 43.3 Å². The topological polar surface area (TPSA) is 52.7 Å². The molecule has 0 spiro atoms. The van der Waals surface area contributed by atoms with E-state index in [2.05, 4.69) is 5.32 Å². The first-order valence-corrected chi connectivity index (χ1v) is 10.1. The van der Waals surface area contributed by atoms with Crippen LogP contribution < -0.4 is 5.32 Å². The van der Waals surface area contributed by atoms with Crippen LogP contribution in [0.25, 0.3) is 0 Å². The van der Waals surface area contributed by atoms with E-state index in [0.29, 0.717) is 46.8 Å². The molecule has 29 heavy (non-hydrogen) atoms. The summed E-state index contributed by atoms with van der Waals surface area (Å²) in [6.07, 6.45) is 0. The maximum atomic E-state index is 13.8. The molecule has 1 aliphatic heterocycles. The first-order chi connectivity index (χ1) is 13.8. The second-order valence-electron chi connectivity index (χ2n) is 6.74. The van der Waals surface area contributed by atoms with Gasteiger partial charge in [0, 0.05) is 36.2 Å². The number of halogens is 4. The van der Waals surface area contributed by atoms with Gasteiger partial charge in [-0.1, -0.05) is 34.8 Å². The molecule has 2 aromatic rings. The zero-order chi connectivity index (χ0) is 21.1. The summed E-state index contributed by atoms with van der Waals surface area (Å²) in [5.74, 6) is -1.07. The number of carbonyl (C=O) groups is 2. The van der Waals surface area contributed by atoms with Gasteiger partial charge in [0.05, 0.1) is 22.3 Å². The largest absolute Gasteiger partial charge is 0.336 e. The molecular formula is C20H19Cl3FN3O2. The fraction of sp³-hybridized carbons (Fsp3) is 0.300. The number of carbonyl (C=O) groups excluding carboxylic acids is 2. The molecule has 1 aliphatic rings. The molecule has 1 atom stereocenters. The van der Waals surface area contributed by atoms with Crippen LogP contribution in [-0.4, -0.2) is 53.8 Å². The van der Waals surface area contributed by atoms with Crippen molar-refractivity contribution in [2.24, 2.45) is 0 Å². The summed E-state index contributed by atoms with van der Waals surface area (Å²) in [5.41, 5.74) is 0.437. The minimum absolute atomic E-state index is 0.0422. The van der Waals surface area contributed by atoms with E-state index in [0.717, 1.165) is 0 Å². The van der Waals surface area contributed by atoms with Crippen molar-refractivity contribution >= 4 is 52.3 Å². The average Bonchev–Trinajstić information content (AvgIpc) is 2.70. The molecule has 9 heteroatoms. The molecule has 0 bridgehead atoms. The number of rotatable bonds is 4. The normalized spacial score (nSPS) is 15.8. The molecule has 1 N–H and O–H groups in total. The zero-order valence-corrected chi connectivity index (χ0v) is 17.9. The first-order valence-electron chi connectivity index (χ1n) is 9.00. The number of anilines is 1. The molecule has 2 amide bonds. The Balaban J connectivity index is 1.58. The third-order valence-electron chi connectivity index (χ3n) is 4.88. The summed E-state index contributed by atoms with van der Waals surface area (Å²) < 4.78 is 13.8. The first kappa shape index (κ1) is 21.8. The number of amides is 2. The van der Waals surface area contributed by atoms with Gasteiger partial charge in [0.1, 0.15) is 5.82 Å². The number of piperazine rings is 1.